The maximum Gasteiger partial charge on any atom is 0.107 e. The van der Waals surface area contributed by atoms with Gasteiger partial charge in [0.15, 0.2) is 0 Å². The van der Waals surface area contributed by atoms with Crippen molar-refractivity contribution < 1.29 is 0 Å². The summed E-state index contributed by atoms with van der Waals surface area (Å²) < 4.78 is 1.82. The highest BCUT2D eigenvalue weighted by molar-refractivity contribution is 5.53. The molecule has 0 fully saturated rings. The smallest absolute Gasteiger partial charge is 0.107 e. The predicted molar refractivity (Wildman–Crippen MR) is 53.7 cm³/mol. The van der Waals surface area contributed by atoms with Crippen LogP contribution in [0.25, 0.3) is 11.4 Å². The van der Waals surface area contributed by atoms with E-state index in [4.69, 9.17) is 0 Å². The molecule has 0 atom stereocenters. The van der Waals surface area contributed by atoms with Gasteiger partial charge in [-0.3, -0.25) is 9.67 Å². The van der Waals surface area contributed by atoms with Crippen LogP contribution in [0.3, 0.4) is 0 Å². The molecule has 0 aromatic carbocycles. The third-order valence-electron chi connectivity index (χ3n) is 2.02. The highest BCUT2D eigenvalue weighted by Gasteiger charge is 2.06. The SMILES string of the molecule is Cc1cncc(-c2cc(C)nn2C)n1. The Bertz CT molecular complexity index is 459. The largest absolute Gasteiger partial charge is 0.266 e. The average molecular weight is 188 g/mol. The Hall–Kier alpha value is -1.71. The minimum absolute atomic E-state index is 0.869. The second kappa shape index (κ2) is 3.21. The van der Waals surface area contributed by atoms with E-state index in [1.807, 2.05) is 31.6 Å². The minimum atomic E-state index is 0.869. The lowest BCUT2D eigenvalue weighted by Gasteiger charge is -2.00. The molecule has 0 amide bonds. The number of aromatic nitrogens is 4. The van der Waals surface area contributed by atoms with Crippen molar-refractivity contribution in [2.45, 2.75) is 13.8 Å². The summed E-state index contributed by atoms with van der Waals surface area (Å²) in [6.07, 6.45) is 3.50. The fourth-order valence-corrected chi connectivity index (χ4v) is 1.44. The Kier molecular flexibility index (Phi) is 2.04. The van der Waals surface area contributed by atoms with Gasteiger partial charge in [0.1, 0.15) is 5.69 Å². The van der Waals surface area contributed by atoms with Crippen LogP contribution in [0.5, 0.6) is 0 Å². The van der Waals surface area contributed by atoms with E-state index in [9.17, 15) is 0 Å². The molecule has 0 spiro atoms. The second-order valence-electron chi connectivity index (χ2n) is 3.34. The van der Waals surface area contributed by atoms with Crippen LogP contribution in [0, 0.1) is 13.8 Å². The zero-order valence-electron chi connectivity index (χ0n) is 8.52. The maximum absolute atomic E-state index is 4.39. The number of aryl methyl sites for hydroxylation is 3. The molecule has 0 aliphatic carbocycles. The molecule has 0 unspecified atom stereocenters. The van der Waals surface area contributed by atoms with Crippen molar-refractivity contribution in [1.29, 1.82) is 0 Å². The van der Waals surface area contributed by atoms with Gasteiger partial charge in [-0.05, 0) is 19.9 Å². The lowest BCUT2D eigenvalue weighted by atomic mass is 10.3. The van der Waals surface area contributed by atoms with Crippen LogP contribution >= 0.6 is 0 Å². The maximum atomic E-state index is 4.39. The van der Waals surface area contributed by atoms with Crippen molar-refractivity contribution >= 4 is 0 Å². The summed E-state index contributed by atoms with van der Waals surface area (Å²) in [5, 5.41) is 4.27. The third-order valence-corrected chi connectivity index (χ3v) is 2.02. The number of rotatable bonds is 1. The van der Waals surface area contributed by atoms with Gasteiger partial charge in [0.2, 0.25) is 0 Å². The van der Waals surface area contributed by atoms with E-state index in [2.05, 4.69) is 15.1 Å². The highest BCUT2D eigenvalue weighted by atomic mass is 15.3. The summed E-state index contributed by atoms with van der Waals surface area (Å²) in [5.41, 5.74) is 3.78. The van der Waals surface area contributed by atoms with Crippen LogP contribution in [-0.2, 0) is 7.05 Å². The van der Waals surface area contributed by atoms with Crippen molar-refractivity contribution in [3.8, 4) is 11.4 Å². The first kappa shape index (κ1) is 8.87. The standard InChI is InChI=1S/C10H12N4/c1-7-4-10(14(3)13-7)9-6-11-5-8(2)12-9/h4-6H,1-3H3. The molecule has 0 N–H and O–H groups in total. The van der Waals surface area contributed by atoms with E-state index < -0.39 is 0 Å². The van der Waals surface area contributed by atoms with E-state index >= 15 is 0 Å². The summed E-state index contributed by atoms with van der Waals surface area (Å²) in [6, 6.07) is 2.00. The molecule has 14 heavy (non-hydrogen) atoms. The Labute approximate surface area is 82.6 Å². The van der Waals surface area contributed by atoms with Crippen LogP contribution in [-0.4, -0.2) is 19.7 Å². The monoisotopic (exact) mass is 188 g/mol. The first-order valence-corrected chi connectivity index (χ1v) is 4.46. The Morgan fingerprint density at radius 1 is 1.14 bits per heavy atom. The molecule has 4 nitrogen and oxygen atoms in total. The summed E-state index contributed by atoms with van der Waals surface area (Å²) >= 11 is 0. The second-order valence-corrected chi connectivity index (χ2v) is 3.34. The van der Waals surface area contributed by atoms with E-state index in [0.29, 0.717) is 0 Å². The molecule has 2 rings (SSSR count). The molecule has 0 saturated heterocycles. The van der Waals surface area contributed by atoms with Gasteiger partial charge in [-0.25, -0.2) is 4.98 Å². The molecule has 0 aliphatic heterocycles. The molecule has 2 aromatic heterocycles. The molecule has 0 aliphatic rings. The molecule has 0 saturated carbocycles. The fraction of sp³-hybridized carbons (Fsp3) is 0.300. The summed E-state index contributed by atoms with van der Waals surface area (Å²) in [4.78, 5) is 8.50. The topological polar surface area (TPSA) is 43.6 Å². The molecule has 2 heterocycles. The number of hydrogen-bond acceptors (Lipinski definition) is 3. The van der Waals surface area contributed by atoms with Crippen LogP contribution in [0.1, 0.15) is 11.4 Å². The molecular formula is C10H12N4. The van der Waals surface area contributed by atoms with E-state index in [1.165, 1.54) is 0 Å². The molecule has 2 aromatic rings. The molecule has 0 radical (unpaired) electrons. The van der Waals surface area contributed by atoms with Crippen LogP contribution in [0.2, 0.25) is 0 Å². The van der Waals surface area contributed by atoms with E-state index in [-0.39, 0.29) is 0 Å². The highest BCUT2D eigenvalue weighted by Crippen LogP contribution is 2.16. The van der Waals surface area contributed by atoms with E-state index in [1.54, 1.807) is 12.4 Å². The van der Waals surface area contributed by atoms with E-state index in [0.717, 1.165) is 22.8 Å². The van der Waals surface area contributed by atoms with Gasteiger partial charge in [0, 0.05) is 13.2 Å². The zero-order chi connectivity index (χ0) is 10.1. The summed E-state index contributed by atoms with van der Waals surface area (Å²) in [5.74, 6) is 0. The summed E-state index contributed by atoms with van der Waals surface area (Å²) in [7, 11) is 1.91. The van der Waals surface area contributed by atoms with Crippen LogP contribution in [0.15, 0.2) is 18.5 Å². The van der Waals surface area contributed by atoms with Gasteiger partial charge in [-0.2, -0.15) is 5.10 Å². The van der Waals surface area contributed by atoms with Gasteiger partial charge in [-0.15, -0.1) is 0 Å². The first-order chi connectivity index (χ1) is 6.66. The third kappa shape index (κ3) is 1.51. The first-order valence-electron chi connectivity index (χ1n) is 4.46. The van der Waals surface area contributed by atoms with Crippen LogP contribution in [0.4, 0.5) is 0 Å². The average Bonchev–Trinajstić information content (AvgIpc) is 2.45. The van der Waals surface area contributed by atoms with Crippen molar-refractivity contribution in [2.75, 3.05) is 0 Å². The number of nitrogens with zero attached hydrogens (tertiary/aromatic N) is 4. The lowest BCUT2D eigenvalue weighted by molar-refractivity contribution is 0.761. The quantitative estimate of drug-likeness (QED) is 0.681. The van der Waals surface area contributed by atoms with Gasteiger partial charge in [-0.1, -0.05) is 0 Å². The number of hydrogen-bond donors (Lipinski definition) is 0. The van der Waals surface area contributed by atoms with Crippen molar-refractivity contribution in [1.82, 2.24) is 19.7 Å². The zero-order valence-corrected chi connectivity index (χ0v) is 8.52. The summed E-state index contributed by atoms with van der Waals surface area (Å²) in [6.45, 7) is 3.90. The molecule has 4 heteroatoms. The Morgan fingerprint density at radius 3 is 2.50 bits per heavy atom. The Morgan fingerprint density at radius 2 is 1.93 bits per heavy atom. The molecular weight excluding hydrogens is 176 g/mol. The van der Waals surface area contributed by atoms with Crippen molar-refractivity contribution in [3.05, 3.63) is 29.8 Å². The lowest BCUT2D eigenvalue weighted by Crippen LogP contribution is -1.96. The van der Waals surface area contributed by atoms with Gasteiger partial charge < -0.3 is 0 Å². The molecule has 72 valence electrons. The van der Waals surface area contributed by atoms with Crippen molar-refractivity contribution in [3.63, 3.8) is 0 Å². The van der Waals surface area contributed by atoms with Gasteiger partial charge in [0.25, 0.3) is 0 Å². The normalized spacial score (nSPS) is 10.5. The van der Waals surface area contributed by atoms with Gasteiger partial charge >= 0.3 is 0 Å². The van der Waals surface area contributed by atoms with Crippen LogP contribution < -0.4 is 0 Å². The Balaban J connectivity index is 2.54. The fourth-order valence-electron chi connectivity index (χ4n) is 1.44. The van der Waals surface area contributed by atoms with Crippen molar-refractivity contribution in [2.24, 2.45) is 7.05 Å². The predicted octanol–water partition coefficient (Wildman–Crippen LogP) is 1.49. The van der Waals surface area contributed by atoms with Gasteiger partial charge in [0.05, 0.1) is 23.3 Å². The minimum Gasteiger partial charge on any atom is -0.266 e. The molecule has 0 bridgehead atoms.